The number of guanidine groups is 1. The van der Waals surface area contributed by atoms with Crippen molar-refractivity contribution < 1.29 is 14.6 Å². The fourth-order valence-corrected chi connectivity index (χ4v) is 2.66. The fourth-order valence-electron chi connectivity index (χ4n) is 2.66. The first-order valence-corrected chi connectivity index (χ1v) is 8.82. The Morgan fingerprint density at radius 3 is 2.77 bits per heavy atom. The number of ether oxygens (including phenoxy) is 1. The molecule has 1 aromatic carbocycles. The number of aliphatic imine (C=N–C) groups is 1. The summed E-state index contributed by atoms with van der Waals surface area (Å²) in [5.41, 5.74) is 1.00. The van der Waals surface area contributed by atoms with Crippen molar-refractivity contribution in [2.75, 3.05) is 32.8 Å². The maximum Gasteiger partial charge on any atom is 0.257 e. The predicted molar refractivity (Wildman–Crippen MR) is 113 cm³/mol. The largest absolute Gasteiger partial charge is 0.484 e. The maximum absolute atomic E-state index is 11.5. The van der Waals surface area contributed by atoms with Crippen LogP contribution in [-0.2, 0) is 11.3 Å². The highest BCUT2D eigenvalue weighted by Crippen LogP contribution is 2.15. The van der Waals surface area contributed by atoms with E-state index < -0.39 is 0 Å². The summed E-state index contributed by atoms with van der Waals surface area (Å²) in [6, 6.07) is 7.59. The summed E-state index contributed by atoms with van der Waals surface area (Å²) >= 11 is 0. The van der Waals surface area contributed by atoms with E-state index in [2.05, 4.69) is 20.5 Å². The molecule has 0 bridgehead atoms. The second kappa shape index (κ2) is 11.9. The quantitative estimate of drug-likeness (QED) is 0.314. The van der Waals surface area contributed by atoms with Crippen molar-refractivity contribution in [2.45, 2.75) is 32.9 Å². The van der Waals surface area contributed by atoms with Gasteiger partial charge in [0.25, 0.3) is 5.91 Å². The molecule has 1 saturated heterocycles. The van der Waals surface area contributed by atoms with Crippen LogP contribution < -0.4 is 15.4 Å². The van der Waals surface area contributed by atoms with Crippen LogP contribution in [0.3, 0.4) is 0 Å². The molecule has 3 N–H and O–H groups in total. The number of hydrogen-bond acceptors (Lipinski definition) is 4. The van der Waals surface area contributed by atoms with Gasteiger partial charge < -0.3 is 25.4 Å². The van der Waals surface area contributed by atoms with E-state index in [1.807, 2.05) is 38.1 Å². The first-order valence-electron chi connectivity index (χ1n) is 8.82. The molecule has 0 radical (unpaired) electrons. The number of nitrogens with one attached hydrogen (secondary N) is 2. The molecule has 0 aromatic heterocycles. The third kappa shape index (κ3) is 7.36. The molecule has 0 aliphatic carbocycles. The summed E-state index contributed by atoms with van der Waals surface area (Å²) in [5.74, 6) is 1.33. The monoisotopic (exact) mass is 476 g/mol. The van der Waals surface area contributed by atoms with Gasteiger partial charge in [-0.05, 0) is 38.0 Å². The second-order valence-corrected chi connectivity index (χ2v) is 5.95. The van der Waals surface area contributed by atoms with Crippen LogP contribution in [0.25, 0.3) is 0 Å². The normalized spacial score (nSPS) is 16.8. The van der Waals surface area contributed by atoms with Gasteiger partial charge in [-0.3, -0.25) is 4.79 Å². The van der Waals surface area contributed by atoms with Crippen LogP contribution in [-0.4, -0.2) is 60.8 Å². The van der Waals surface area contributed by atoms with Crippen molar-refractivity contribution in [1.82, 2.24) is 15.5 Å². The van der Waals surface area contributed by atoms with Gasteiger partial charge in [-0.25, -0.2) is 4.99 Å². The van der Waals surface area contributed by atoms with Crippen LogP contribution in [0, 0.1) is 0 Å². The molecule has 1 atom stereocenters. The highest BCUT2D eigenvalue weighted by Gasteiger charge is 2.22. The van der Waals surface area contributed by atoms with E-state index in [4.69, 9.17) is 4.74 Å². The van der Waals surface area contributed by atoms with Gasteiger partial charge in [0.2, 0.25) is 0 Å². The Morgan fingerprint density at radius 2 is 2.12 bits per heavy atom. The van der Waals surface area contributed by atoms with E-state index in [-0.39, 0.29) is 42.6 Å². The number of amides is 1. The Balaban J connectivity index is 0.00000338. The lowest BCUT2D eigenvalue weighted by molar-refractivity contribution is -0.122. The van der Waals surface area contributed by atoms with Gasteiger partial charge in [-0.1, -0.05) is 12.1 Å². The Morgan fingerprint density at radius 1 is 1.35 bits per heavy atom. The van der Waals surface area contributed by atoms with Gasteiger partial charge in [0.15, 0.2) is 12.6 Å². The van der Waals surface area contributed by atoms with E-state index in [0.29, 0.717) is 25.4 Å². The predicted octanol–water partition coefficient (Wildman–Crippen LogP) is 1.35. The van der Waals surface area contributed by atoms with Crippen LogP contribution in [0.1, 0.15) is 25.8 Å². The van der Waals surface area contributed by atoms with Crippen molar-refractivity contribution in [3.05, 3.63) is 29.8 Å². The first-order chi connectivity index (χ1) is 12.1. The molecule has 1 aliphatic rings. The van der Waals surface area contributed by atoms with Crippen LogP contribution in [0.5, 0.6) is 5.75 Å². The number of carbonyl (C=O) groups excluding carboxylic acids is 1. The number of rotatable bonds is 7. The number of β-amino-alcohol motifs (C(OH)–C–C–N with tert-alkyl or cyclic N) is 1. The molecule has 26 heavy (non-hydrogen) atoms. The molecule has 1 aromatic rings. The Kier molecular flexibility index (Phi) is 10.3. The highest BCUT2D eigenvalue weighted by atomic mass is 127. The van der Waals surface area contributed by atoms with E-state index >= 15 is 0 Å². The van der Waals surface area contributed by atoms with Gasteiger partial charge in [-0.15, -0.1) is 24.0 Å². The minimum Gasteiger partial charge on any atom is -0.484 e. The van der Waals surface area contributed by atoms with Crippen molar-refractivity contribution in [2.24, 2.45) is 4.99 Å². The van der Waals surface area contributed by atoms with Gasteiger partial charge in [0.05, 0.1) is 12.6 Å². The summed E-state index contributed by atoms with van der Waals surface area (Å²) in [6.07, 6.45) is 0.489. The third-order valence-electron chi connectivity index (χ3n) is 3.85. The number of aliphatic hydroxyl groups is 1. The van der Waals surface area contributed by atoms with E-state index in [0.717, 1.165) is 31.0 Å². The Labute approximate surface area is 172 Å². The minimum absolute atomic E-state index is 0. The lowest BCUT2D eigenvalue weighted by atomic mass is 10.2. The Bertz CT molecular complexity index is 598. The number of benzene rings is 1. The molecule has 7 nitrogen and oxygen atoms in total. The third-order valence-corrected chi connectivity index (χ3v) is 3.85. The average molecular weight is 476 g/mol. The number of nitrogens with zero attached hydrogens (tertiary/aromatic N) is 2. The topological polar surface area (TPSA) is 86.2 Å². The summed E-state index contributed by atoms with van der Waals surface area (Å²) in [6.45, 7) is 7.21. The second-order valence-electron chi connectivity index (χ2n) is 5.95. The standard InChI is InChI=1S/C18H28N4O3.HI/c1-3-19-17(24)13-25-16-7-5-6-14(10-16)11-21-18(20-4-2)22-9-8-15(23)12-22;/h5-7,10,15,23H,3-4,8-9,11-13H2,1-2H3,(H,19,24)(H,20,21);1H/t15-;/m1./s1. The van der Waals surface area contributed by atoms with Crippen molar-refractivity contribution in [3.63, 3.8) is 0 Å². The summed E-state index contributed by atoms with van der Waals surface area (Å²) in [5, 5.41) is 15.7. The molecule has 1 fully saturated rings. The number of halogens is 1. The summed E-state index contributed by atoms with van der Waals surface area (Å²) in [4.78, 5) is 18.2. The molecule has 8 heteroatoms. The van der Waals surface area contributed by atoms with Crippen LogP contribution in [0.2, 0.25) is 0 Å². The molecule has 0 unspecified atom stereocenters. The van der Waals surface area contributed by atoms with Gasteiger partial charge in [0.1, 0.15) is 5.75 Å². The Hall–Kier alpha value is -1.55. The van der Waals surface area contributed by atoms with Crippen LogP contribution in [0.4, 0.5) is 0 Å². The van der Waals surface area contributed by atoms with Gasteiger partial charge in [0, 0.05) is 26.2 Å². The maximum atomic E-state index is 11.5. The molecule has 1 heterocycles. The molecular formula is C18H29IN4O3. The van der Waals surface area contributed by atoms with E-state index in [1.165, 1.54) is 0 Å². The number of likely N-dealkylation sites (tertiary alicyclic amines) is 1. The van der Waals surface area contributed by atoms with Crippen molar-refractivity contribution in [1.29, 1.82) is 0 Å². The highest BCUT2D eigenvalue weighted by molar-refractivity contribution is 14.0. The van der Waals surface area contributed by atoms with E-state index in [9.17, 15) is 9.90 Å². The van der Waals surface area contributed by atoms with Crippen molar-refractivity contribution >= 4 is 35.8 Å². The smallest absolute Gasteiger partial charge is 0.257 e. The lowest BCUT2D eigenvalue weighted by Crippen LogP contribution is -2.40. The zero-order valence-corrected chi connectivity index (χ0v) is 17.7. The molecule has 1 aliphatic heterocycles. The summed E-state index contributed by atoms with van der Waals surface area (Å²) < 4.78 is 5.51. The number of hydrogen-bond donors (Lipinski definition) is 3. The van der Waals surface area contributed by atoms with Crippen LogP contribution in [0.15, 0.2) is 29.3 Å². The molecule has 0 saturated carbocycles. The fraction of sp³-hybridized carbons (Fsp3) is 0.556. The van der Waals surface area contributed by atoms with Crippen molar-refractivity contribution in [3.8, 4) is 5.75 Å². The zero-order chi connectivity index (χ0) is 18.1. The summed E-state index contributed by atoms with van der Waals surface area (Å²) in [7, 11) is 0. The molecule has 146 valence electrons. The van der Waals surface area contributed by atoms with Gasteiger partial charge >= 0.3 is 0 Å². The number of aliphatic hydroxyl groups excluding tert-OH is 1. The first kappa shape index (κ1) is 22.5. The lowest BCUT2D eigenvalue weighted by Gasteiger charge is -2.21. The van der Waals surface area contributed by atoms with E-state index in [1.54, 1.807) is 0 Å². The number of likely N-dealkylation sites (N-methyl/N-ethyl adjacent to an activating group) is 1. The minimum atomic E-state index is -0.283. The molecule has 2 rings (SSSR count). The SMILES string of the molecule is CCNC(=O)COc1cccc(CN=C(NCC)N2CC[C@@H](O)C2)c1.I. The average Bonchev–Trinajstić information content (AvgIpc) is 3.04. The molecule has 0 spiro atoms. The van der Waals surface area contributed by atoms with Crippen LogP contribution >= 0.6 is 24.0 Å². The molecular weight excluding hydrogens is 447 g/mol. The number of carbonyl (C=O) groups is 1. The van der Waals surface area contributed by atoms with Gasteiger partial charge in [-0.2, -0.15) is 0 Å². The molecule has 1 amide bonds. The zero-order valence-electron chi connectivity index (χ0n) is 15.4.